The highest BCUT2D eigenvalue weighted by atomic mass is 16.6. The number of hydrogen-bond donors (Lipinski definition) is 1. The van der Waals surface area contributed by atoms with Gasteiger partial charge in [0.2, 0.25) is 0 Å². The number of non-ortho nitro benzene ring substituents is 1. The Morgan fingerprint density at radius 1 is 1.38 bits per heavy atom. The van der Waals surface area contributed by atoms with Gasteiger partial charge in [0, 0.05) is 17.7 Å². The Morgan fingerprint density at radius 3 is 2.71 bits per heavy atom. The predicted octanol–water partition coefficient (Wildman–Crippen LogP) is 3.00. The van der Waals surface area contributed by atoms with E-state index in [0.717, 1.165) is 0 Å². The van der Waals surface area contributed by atoms with Crippen molar-refractivity contribution in [3.63, 3.8) is 0 Å². The maximum absolute atomic E-state index is 12.0. The second-order valence-corrected chi connectivity index (χ2v) is 5.03. The van der Waals surface area contributed by atoms with E-state index in [2.05, 4.69) is 5.32 Å². The van der Waals surface area contributed by atoms with Crippen LogP contribution in [0.15, 0.2) is 54.3 Å². The van der Waals surface area contributed by atoms with Crippen molar-refractivity contribution in [1.82, 2.24) is 5.32 Å². The summed E-state index contributed by atoms with van der Waals surface area (Å²) >= 11 is 0. The number of ketones is 1. The van der Waals surface area contributed by atoms with Crippen molar-refractivity contribution in [2.75, 3.05) is 0 Å². The molecule has 0 bridgehead atoms. The van der Waals surface area contributed by atoms with Gasteiger partial charge in [0.25, 0.3) is 5.69 Å². The first kappa shape index (κ1) is 14.7. The van der Waals surface area contributed by atoms with Crippen LogP contribution in [0.1, 0.15) is 19.4 Å². The van der Waals surface area contributed by atoms with Crippen LogP contribution in [0, 0.1) is 10.1 Å². The number of hydrogen-bond acceptors (Lipinski definition) is 4. The van der Waals surface area contributed by atoms with Crippen LogP contribution in [-0.4, -0.2) is 16.2 Å². The van der Waals surface area contributed by atoms with Crippen LogP contribution in [0.3, 0.4) is 0 Å². The van der Waals surface area contributed by atoms with E-state index in [1.165, 1.54) is 19.1 Å². The molecule has 21 heavy (non-hydrogen) atoms. The fourth-order valence-corrected chi connectivity index (χ4v) is 2.25. The van der Waals surface area contributed by atoms with Gasteiger partial charge >= 0.3 is 0 Å². The normalized spacial score (nSPS) is 21.0. The van der Waals surface area contributed by atoms with Crippen molar-refractivity contribution in [3.05, 3.63) is 69.9 Å². The highest BCUT2D eigenvalue weighted by Gasteiger charge is 2.28. The number of Topliss-reactive ketones (excluding diaryl/α,β-unsaturated/α-hetero) is 1. The molecule has 1 aromatic carbocycles. The van der Waals surface area contributed by atoms with E-state index in [4.69, 9.17) is 0 Å². The van der Waals surface area contributed by atoms with Crippen molar-refractivity contribution in [1.29, 1.82) is 0 Å². The van der Waals surface area contributed by atoms with Gasteiger partial charge in [-0.3, -0.25) is 14.9 Å². The smallest absolute Gasteiger partial charge is 0.270 e. The Balaban J connectivity index is 2.45. The largest absolute Gasteiger partial charge is 0.378 e. The molecule has 0 saturated heterocycles. The van der Waals surface area contributed by atoms with Crippen LogP contribution >= 0.6 is 0 Å². The van der Waals surface area contributed by atoms with Crippen molar-refractivity contribution < 1.29 is 9.72 Å². The Kier molecular flexibility index (Phi) is 4.03. The van der Waals surface area contributed by atoms with Gasteiger partial charge in [0.05, 0.1) is 10.5 Å². The number of rotatable bonds is 4. The topological polar surface area (TPSA) is 72.2 Å². The van der Waals surface area contributed by atoms with E-state index in [1.807, 2.05) is 25.2 Å². The third kappa shape index (κ3) is 3.25. The Morgan fingerprint density at radius 2 is 2.14 bits per heavy atom. The highest BCUT2D eigenvalue weighted by molar-refractivity contribution is 6.00. The molecule has 1 aliphatic rings. The van der Waals surface area contributed by atoms with Crippen LogP contribution in [-0.2, 0) is 4.79 Å². The standard InChI is InChI=1S/C16H16N2O3/c1-12(19)15(16(2)8-3-4-9-17-16)11-13-6-5-7-14(10-13)18(20)21/h3-11,17H,1-2H3/b15-11+. The van der Waals surface area contributed by atoms with Gasteiger partial charge in [-0.25, -0.2) is 0 Å². The number of carbonyl (C=O) groups is 1. The lowest BCUT2D eigenvalue weighted by Crippen LogP contribution is -2.42. The summed E-state index contributed by atoms with van der Waals surface area (Å²) in [7, 11) is 0. The maximum Gasteiger partial charge on any atom is 0.270 e. The molecule has 108 valence electrons. The number of nitro groups is 1. The van der Waals surface area contributed by atoms with Gasteiger partial charge in [-0.2, -0.15) is 0 Å². The quantitative estimate of drug-likeness (QED) is 0.524. The first-order valence-electron chi connectivity index (χ1n) is 6.52. The molecular formula is C16H16N2O3. The lowest BCUT2D eigenvalue weighted by atomic mass is 9.86. The lowest BCUT2D eigenvalue weighted by molar-refractivity contribution is -0.384. The van der Waals surface area contributed by atoms with E-state index in [1.54, 1.807) is 24.4 Å². The number of nitro benzene ring substituents is 1. The third-order valence-corrected chi connectivity index (χ3v) is 3.35. The van der Waals surface area contributed by atoms with E-state index in [0.29, 0.717) is 11.1 Å². The second kappa shape index (κ2) is 5.75. The van der Waals surface area contributed by atoms with E-state index >= 15 is 0 Å². The molecule has 5 heteroatoms. The summed E-state index contributed by atoms with van der Waals surface area (Å²) in [4.78, 5) is 22.3. The van der Waals surface area contributed by atoms with E-state index in [-0.39, 0.29) is 11.5 Å². The molecular weight excluding hydrogens is 268 g/mol. The van der Waals surface area contributed by atoms with Gasteiger partial charge in [-0.15, -0.1) is 0 Å². The molecule has 2 rings (SSSR count). The summed E-state index contributed by atoms with van der Waals surface area (Å²) in [6.45, 7) is 3.37. The fourth-order valence-electron chi connectivity index (χ4n) is 2.25. The van der Waals surface area contributed by atoms with Crippen LogP contribution in [0.5, 0.6) is 0 Å². The minimum atomic E-state index is -0.620. The van der Waals surface area contributed by atoms with Gasteiger partial charge in [0.1, 0.15) is 0 Å². The molecule has 0 saturated carbocycles. The fraction of sp³-hybridized carbons (Fsp3) is 0.188. The van der Waals surface area contributed by atoms with Crippen LogP contribution in [0.4, 0.5) is 5.69 Å². The van der Waals surface area contributed by atoms with Crippen molar-refractivity contribution in [2.24, 2.45) is 0 Å². The van der Waals surface area contributed by atoms with Crippen molar-refractivity contribution >= 4 is 17.5 Å². The van der Waals surface area contributed by atoms with E-state index in [9.17, 15) is 14.9 Å². The first-order chi connectivity index (χ1) is 9.92. The zero-order chi connectivity index (χ0) is 15.5. The third-order valence-electron chi connectivity index (χ3n) is 3.35. The molecule has 0 spiro atoms. The number of nitrogens with one attached hydrogen (secondary N) is 1. The molecule has 0 aromatic heterocycles. The molecule has 0 radical (unpaired) electrons. The monoisotopic (exact) mass is 284 g/mol. The summed E-state index contributed by atoms with van der Waals surface area (Å²) in [5.74, 6) is -0.0866. The van der Waals surface area contributed by atoms with Gasteiger partial charge in [-0.05, 0) is 37.8 Å². The van der Waals surface area contributed by atoms with Gasteiger partial charge in [-0.1, -0.05) is 24.3 Å². The summed E-state index contributed by atoms with van der Waals surface area (Å²) in [5, 5.41) is 14.0. The molecule has 1 aliphatic heterocycles. The van der Waals surface area contributed by atoms with E-state index < -0.39 is 10.5 Å². The molecule has 1 atom stereocenters. The molecule has 1 heterocycles. The zero-order valence-electron chi connectivity index (χ0n) is 11.9. The average molecular weight is 284 g/mol. The minimum absolute atomic E-state index is 0.00356. The SMILES string of the molecule is CC(=O)/C(=C\c1cccc([N+](=O)[O-])c1)C1(C)C=CC=CN1. The number of carbonyl (C=O) groups excluding carboxylic acids is 1. The summed E-state index contributed by atoms with van der Waals surface area (Å²) in [5.41, 5.74) is 0.554. The molecule has 0 amide bonds. The molecule has 0 fully saturated rings. The summed E-state index contributed by atoms with van der Waals surface area (Å²) in [6, 6.07) is 6.22. The summed E-state index contributed by atoms with van der Waals surface area (Å²) < 4.78 is 0. The number of benzene rings is 1. The molecule has 1 unspecified atom stereocenters. The number of allylic oxidation sites excluding steroid dienone is 2. The highest BCUT2D eigenvalue weighted by Crippen LogP contribution is 2.25. The lowest BCUT2D eigenvalue weighted by Gasteiger charge is -2.30. The van der Waals surface area contributed by atoms with Crippen LogP contribution < -0.4 is 5.32 Å². The Hall–Kier alpha value is -2.69. The van der Waals surface area contributed by atoms with Crippen LogP contribution in [0.2, 0.25) is 0 Å². The average Bonchev–Trinajstić information content (AvgIpc) is 2.45. The molecule has 1 N–H and O–H groups in total. The molecule has 1 aromatic rings. The minimum Gasteiger partial charge on any atom is -0.378 e. The Bertz CT molecular complexity index is 674. The maximum atomic E-state index is 12.0. The van der Waals surface area contributed by atoms with Crippen LogP contribution in [0.25, 0.3) is 6.08 Å². The van der Waals surface area contributed by atoms with Gasteiger partial charge in [0.15, 0.2) is 5.78 Å². The predicted molar refractivity (Wildman–Crippen MR) is 81.6 cm³/mol. The summed E-state index contributed by atoms with van der Waals surface area (Å²) in [6.07, 6.45) is 9.04. The zero-order valence-corrected chi connectivity index (χ0v) is 11.9. The second-order valence-electron chi connectivity index (χ2n) is 5.03. The van der Waals surface area contributed by atoms with Crippen molar-refractivity contribution in [2.45, 2.75) is 19.4 Å². The molecule has 0 aliphatic carbocycles. The van der Waals surface area contributed by atoms with Crippen molar-refractivity contribution in [3.8, 4) is 0 Å². The first-order valence-corrected chi connectivity index (χ1v) is 6.52. The number of dihydropyridines is 1. The molecule has 5 nitrogen and oxygen atoms in total. The number of nitrogens with zero attached hydrogens (tertiary/aromatic N) is 1. The van der Waals surface area contributed by atoms with Gasteiger partial charge < -0.3 is 5.32 Å². The Labute approximate surface area is 122 Å².